The van der Waals surface area contributed by atoms with Gasteiger partial charge in [-0.3, -0.25) is 19.7 Å². The number of aromatic nitrogens is 4. The van der Waals surface area contributed by atoms with Crippen molar-refractivity contribution in [1.29, 1.82) is 0 Å². The van der Waals surface area contributed by atoms with Crippen molar-refractivity contribution in [3.8, 4) is 17.2 Å². The highest BCUT2D eigenvalue weighted by molar-refractivity contribution is 7.14. The van der Waals surface area contributed by atoms with Crippen molar-refractivity contribution in [3.05, 3.63) is 144 Å². The number of benzene rings is 3. The third kappa shape index (κ3) is 23.8. The summed E-state index contributed by atoms with van der Waals surface area (Å²) in [7, 11) is 5.73. The van der Waals surface area contributed by atoms with Crippen LogP contribution in [0, 0.1) is 0 Å². The fourth-order valence-electron chi connectivity index (χ4n) is 9.04. The van der Waals surface area contributed by atoms with Crippen LogP contribution in [0.15, 0.2) is 121 Å². The largest absolute Gasteiger partial charge is 0.497 e. The molecule has 2 unspecified atom stereocenters. The van der Waals surface area contributed by atoms with E-state index in [1.165, 1.54) is 11.3 Å². The average Bonchev–Trinajstić information content (AvgIpc) is 4.22. The molecular weight excluding hydrogens is 1100 g/mol. The predicted octanol–water partition coefficient (Wildman–Crippen LogP) is 7.88. The first-order chi connectivity index (χ1) is 41.3. The highest BCUT2D eigenvalue weighted by Crippen LogP contribution is 2.29. The SMILES string of the molecule is C=C/C=C(\C=C)CNC(=O)C(c1ccc(OC)cc1)N(C(=O)CCc1ccc(OCCCCN(C)CCOCCOCCc2cn(CCOCCOc3ccc(NC(=O)Nc4nc(CC(=O)N5CCN(C)CC5)cs4)cc3)nn2)cc1)C(C)CC. The monoisotopic (exact) mass is 1190 g/mol. The third-order valence-corrected chi connectivity index (χ3v) is 15.0. The lowest BCUT2D eigenvalue weighted by atomic mass is 9.99. The minimum atomic E-state index is -0.835. The summed E-state index contributed by atoms with van der Waals surface area (Å²) >= 11 is 1.28. The number of hydrogen-bond acceptors (Lipinski definition) is 16. The van der Waals surface area contributed by atoms with Gasteiger partial charge in [-0.05, 0) is 118 Å². The highest BCUT2D eigenvalue weighted by atomic mass is 32.1. The minimum Gasteiger partial charge on any atom is -0.497 e. The quantitative estimate of drug-likeness (QED) is 0.0252. The summed E-state index contributed by atoms with van der Waals surface area (Å²) in [6.45, 7) is 21.2. The number of carbonyl (C=O) groups is 4. The van der Waals surface area contributed by atoms with Crippen molar-refractivity contribution in [2.45, 2.75) is 77.4 Å². The summed E-state index contributed by atoms with van der Waals surface area (Å²) in [5.74, 6) is 1.76. The summed E-state index contributed by atoms with van der Waals surface area (Å²) < 4.78 is 36.3. The number of nitrogens with zero attached hydrogens (tertiary/aromatic N) is 8. The van der Waals surface area contributed by atoms with E-state index in [2.05, 4.69) is 61.3 Å². The zero-order valence-electron chi connectivity index (χ0n) is 50.2. The molecule has 1 aliphatic rings. The number of allylic oxidation sites excluding steroid dienone is 2. The van der Waals surface area contributed by atoms with Gasteiger partial charge in [0.25, 0.3) is 0 Å². The van der Waals surface area contributed by atoms with E-state index in [0.717, 1.165) is 61.6 Å². The number of urea groups is 1. The van der Waals surface area contributed by atoms with Crippen LogP contribution in [-0.4, -0.2) is 189 Å². The number of ether oxygens (including phenoxy) is 6. The molecule has 3 heterocycles. The van der Waals surface area contributed by atoms with Gasteiger partial charge in [-0.2, -0.15) is 0 Å². The van der Waals surface area contributed by atoms with Crippen molar-refractivity contribution < 1.29 is 47.6 Å². The molecule has 1 saturated heterocycles. The zero-order chi connectivity index (χ0) is 60.6. The highest BCUT2D eigenvalue weighted by Gasteiger charge is 2.34. The number of thiazole rings is 1. The number of hydrogen-bond donors (Lipinski definition) is 3. The Morgan fingerprint density at radius 2 is 1.46 bits per heavy atom. The standard InChI is InChI=1S/C63H87N11O10S/c1-8-13-49(10-3)45-64-61(77)60(51-17-23-55(79-7)24-18-51)74(48(4)9-2)58(75)27-16-50-14-21-56(22-15-50)83-36-12-11-29-70(5)34-38-81-41-40-80-37-28-53-46-73(69-68-53)35-39-82-42-43-84-57-25-19-52(20-26-57)65-62(78)67-63-66-54(47-85-63)44-59(76)72-32-30-71(6)31-33-72/h8,10,13-15,17-26,46-48,60H,1,3,9,11-12,16,27-45H2,2,4-7H3,(H,64,77)(H2,65,66,67,78)/b49-13+. The van der Waals surface area contributed by atoms with E-state index >= 15 is 0 Å². The van der Waals surface area contributed by atoms with E-state index < -0.39 is 12.1 Å². The van der Waals surface area contributed by atoms with Gasteiger partial charge in [-0.1, -0.05) is 67.8 Å². The first kappa shape index (κ1) is 66.7. The van der Waals surface area contributed by atoms with Gasteiger partial charge in [0.2, 0.25) is 17.7 Å². The topological polar surface area (TPSA) is 216 Å². The van der Waals surface area contributed by atoms with Crippen molar-refractivity contribution in [2.24, 2.45) is 0 Å². The smallest absolute Gasteiger partial charge is 0.325 e. The van der Waals surface area contributed by atoms with Gasteiger partial charge in [-0.15, -0.1) is 16.4 Å². The maximum atomic E-state index is 14.1. The minimum absolute atomic E-state index is 0.0458. The van der Waals surface area contributed by atoms with Gasteiger partial charge >= 0.3 is 6.03 Å². The van der Waals surface area contributed by atoms with Crippen molar-refractivity contribution in [2.75, 3.05) is 131 Å². The Morgan fingerprint density at radius 3 is 2.16 bits per heavy atom. The predicted molar refractivity (Wildman–Crippen MR) is 331 cm³/mol. The number of rotatable bonds is 39. The number of likely N-dealkylation sites (N-methyl/N-ethyl adjacent to an activating group) is 2. The van der Waals surface area contributed by atoms with Gasteiger partial charge in [0, 0.05) is 75.4 Å². The van der Waals surface area contributed by atoms with Crippen molar-refractivity contribution in [1.82, 2.24) is 44.9 Å². The van der Waals surface area contributed by atoms with Crippen LogP contribution in [-0.2, 0) is 54.4 Å². The molecule has 0 aliphatic carbocycles. The van der Waals surface area contributed by atoms with Crippen LogP contribution < -0.4 is 30.2 Å². The summed E-state index contributed by atoms with van der Waals surface area (Å²) in [6.07, 6.45) is 11.2. The molecule has 0 saturated carbocycles. The van der Waals surface area contributed by atoms with E-state index in [-0.39, 0.29) is 43.1 Å². The second-order valence-corrected chi connectivity index (χ2v) is 21.5. The number of methoxy groups -OCH3 is 1. The second kappa shape index (κ2) is 37.1. The Morgan fingerprint density at radius 1 is 0.776 bits per heavy atom. The maximum Gasteiger partial charge on any atom is 0.325 e. The lowest BCUT2D eigenvalue weighted by Crippen LogP contribution is -2.48. The molecule has 5 aromatic rings. The molecule has 22 heteroatoms. The number of nitrogens with one attached hydrogen (secondary N) is 3. The molecular formula is C63H87N11O10S. The zero-order valence-corrected chi connectivity index (χ0v) is 51.0. The van der Waals surface area contributed by atoms with Crippen LogP contribution in [0.25, 0.3) is 0 Å². The number of carbonyl (C=O) groups excluding carboxylic acids is 4. The van der Waals surface area contributed by atoms with Crippen LogP contribution in [0.2, 0.25) is 0 Å². The molecule has 3 aromatic carbocycles. The number of piperazine rings is 1. The van der Waals surface area contributed by atoms with E-state index in [1.807, 2.05) is 68.4 Å². The van der Waals surface area contributed by atoms with E-state index in [4.69, 9.17) is 28.4 Å². The van der Waals surface area contributed by atoms with Crippen LogP contribution >= 0.6 is 11.3 Å². The lowest BCUT2D eigenvalue weighted by Gasteiger charge is -2.36. The molecule has 5 amide bonds. The summed E-state index contributed by atoms with van der Waals surface area (Å²) in [6, 6.07) is 20.8. The van der Waals surface area contributed by atoms with Crippen LogP contribution in [0.4, 0.5) is 15.6 Å². The van der Waals surface area contributed by atoms with Gasteiger partial charge in [-0.25, -0.2) is 14.5 Å². The summed E-state index contributed by atoms with van der Waals surface area (Å²) in [4.78, 5) is 65.7. The van der Waals surface area contributed by atoms with Gasteiger partial charge < -0.3 is 58.7 Å². The average molecular weight is 1190 g/mol. The molecule has 21 nitrogen and oxygen atoms in total. The molecule has 6 rings (SSSR count). The molecule has 460 valence electrons. The Bertz CT molecular complexity index is 2840. The molecule has 0 bridgehead atoms. The molecule has 1 aliphatic heterocycles. The summed E-state index contributed by atoms with van der Waals surface area (Å²) in [5, 5.41) is 19.2. The van der Waals surface area contributed by atoms with Crippen molar-refractivity contribution >= 4 is 45.9 Å². The molecule has 1 fully saturated rings. The lowest BCUT2D eigenvalue weighted by molar-refractivity contribution is -0.143. The van der Waals surface area contributed by atoms with E-state index in [0.29, 0.717) is 125 Å². The molecule has 85 heavy (non-hydrogen) atoms. The molecule has 2 aromatic heterocycles. The van der Waals surface area contributed by atoms with Crippen LogP contribution in [0.3, 0.4) is 0 Å². The second-order valence-electron chi connectivity index (χ2n) is 20.7. The number of amides is 5. The number of aryl methyl sites for hydroxylation is 1. The Hall–Kier alpha value is -7.47. The van der Waals surface area contributed by atoms with Gasteiger partial charge in [0.1, 0.15) is 29.9 Å². The normalized spacial score (nSPS) is 13.4. The van der Waals surface area contributed by atoms with Crippen molar-refractivity contribution in [3.63, 3.8) is 0 Å². The number of anilines is 2. The maximum absolute atomic E-state index is 14.1. The fraction of sp³-hybridized carbons (Fsp3) is 0.476. The van der Waals surface area contributed by atoms with Gasteiger partial charge in [0.15, 0.2) is 5.13 Å². The Kier molecular flexibility index (Phi) is 29.1. The molecule has 2 atom stereocenters. The number of unbranched alkanes of at least 4 members (excludes halogenated alkanes) is 1. The van der Waals surface area contributed by atoms with Crippen LogP contribution in [0.1, 0.15) is 68.1 Å². The molecule has 0 spiro atoms. The first-order valence-electron chi connectivity index (χ1n) is 29.3. The Balaban J connectivity index is 0.748. The molecule has 3 N–H and O–H groups in total. The first-order valence-corrected chi connectivity index (χ1v) is 30.1. The van der Waals surface area contributed by atoms with E-state index in [9.17, 15) is 19.2 Å². The fourth-order valence-corrected chi connectivity index (χ4v) is 9.75. The van der Waals surface area contributed by atoms with Gasteiger partial charge in [0.05, 0.1) is 77.7 Å². The molecule has 0 radical (unpaired) electrons. The summed E-state index contributed by atoms with van der Waals surface area (Å²) in [5.41, 5.74) is 4.60. The van der Waals surface area contributed by atoms with E-state index in [1.54, 1.807) is 76.7 Å². The Labute approximate surface area is 505 Å². The third-order valence-electron chi connectivity index (χ3n) is 14.2. The van der Waals surface area contributed by atoms with Crippen LogP contribution in [0.5, 0.6) is 17.2 Å².